The molecule has 0 aliphatic rings. The average molecular weight is 127 g/mol. The summed E-state index contributed by atoms with van der Waals surface area (Å²) in [4.78, 5) is 14.2. The first-order valence-electron chi connectivity index (χ1n) is 2.17. The maximum absolute atomic E-state index is 9.92. The van der Waals surface area contributed by atoms with Crippen molar-refractivity contribution < 1.29 is 9.63 Å². The summed E-state index contributed by atoms with van der Waals surface area (Å²) < 4.78 is 0. The molecule has 0 rings (SSSR count). The number of hydrogen-bond acceptors (Lipinski definition) is 3. The van der Waals surface area contributed by atoms with Crippen molar-refractivity contribution in [1.82, 2.24) is 5.48 Å². The number of hydroxylamine groups is 1. The zero-order valence-electron chi connectivity index (χ0n) is 4.52. The van der Waals surface area contributed by atoms with Crippen LogP contribution in [0.15, 0.2) is 0 Å². The zero-order valence-corrected chi connectivity index (χ0v) is 4.52. The quantitative estimate of drug-likeness (QED) is 0.398. The van der Waals surface area contributed by atoms with E-state index in [1.54, 1.807) is 0 Å². The fraction of sp³-hybridized carbons (Fsp3) is 0.750. The van der Waals surface area contributed by atoms with Crippen LogP contribution in [0.5, 0.6) is 0 Å². The molecule has 0 unspecified atom stereocenters. The van der Waals surface area contributed by atoms with Crippen LogP contribution in [-0.4, -0.2) is 42.1 Å². The molecule has 0 heterocycles. The molecule has 0 aliphatic heterocycles. The first-order chi connectivity index (χ1) is 3.27. The first-order valence-corrected chi connectivity index (χ1v) is 2.17. The summed E-state index contributed by atoms with van der Waals surface area (Å²) >= 11 is 0. The van der Waals surface area contributed by atoms with E-state index >= 15 is 0 Å². The van der Waals surface area contributed by atoms with Crippen LogP contribution in [0.2, 0.25) is 0 Å². The van der Waals surface area contributed by atoms with E-state index in [2.05, 4.69) is 10.3 Å². The van der Waals surface area contributed by atoms with Gasteiger partial charge in [0.2, 0.25) is 0 Å². The molecule has 0 aliphatic carbocycles. The maximum atomic E-state index is 9.92. The predicted molar refractivity (Wildman–Crippen MR) is 32.6 cm³/mol. The molecule has 0 aromatic rings. The molecule has 0 atom stereocenters. The average Bonchev–Trinajstić information content (AvgIpc) is 1.61. The molecule has 4 heteroatoms. The molecule has 0 amide bonds. The van der Waals surface area contributed by atoms with E-state index in [9.17, 15) is 4.79 Å². The third-order valence-electron chi connectivity index (χ3n) is 0.360. The summed E-state index contributed by atoms with van der Waals surface area (Å²) in [6, 6.07) is 0. The Morgan fingerprint density at radius 1 is 1.75 bits per heavy atom. The van der Waals surface area contributed by atoms with Crippen LogP contribution in [0, 0.1) is 0 Å². The standard InChI is InChI=1S/C4H9NO2.Na.H/c1-3-5-7-4(2)6;;/h5H,3H2,1-2H3;;. The fourth-order valence-electron chi connectivity index (χ4n) is 0.174. The van der Waals surface area contributed by atoms with Crippen molar-refractivity contribution in [2.24, 2.45) is 0 Å². The van der Waals surface area contributed by atoms with Gasteiger partial charge in [-0.1, -0.05) is 0 Å². The summed E-state index contributed by atoms with van der Waals surface area (Å²) in [5, 5.41) is 0. The minimum atomic E-state index is -0.304. The van der Waals surface area contributed by atoms with Crippen LogP contribution in [-0.2, 0) is 9.63 Å². The van der Waals surface area contributed by atoms with Gasteiger partial charge in [0.1, 0.15) is 0 Å². The van der Waals surface area contributed by atoms with E-state index in [-0.39, 0.29) is 35.5 Å². The first kappa shape index (κ1) is 11.3. The Hall–Kier alpha value is 0.430. The van der Waals surface area contributed by atoms with Crippen LogP contribution in [0.25, 0.3) is 0 Å². The molecule has 0 aromatic heterocycles. The number of rotatable bonds is 2. The van der Waals surface area contributed by atoms with Crippen LogP contribution >= 0.6 is 0 Å². The number of hydrogen-bond donors (Lipinski definition) is 1. The van der Waals surface area contributed by atoms with Gasteiger partial charge in [-0.05, 0) is 6.92 Å². The second-order valence-corrected chi connectivity index (χ2v) is 1.09. The SMILES string of the molecule is CCNOC(C)=O.[NaH]. The van der Waals surface area contributed by atoms with E-state index in [4.69, 9.17) is 0 Å². The molecule has 0 saturated carbocycles. The summed E-state index contributed by atoms with van der Waals surface area (Å²) in [5.41, 5.74) is 2.40. The van der Waals surface area contributed by atoms with Gasteiger partial charge in [0.15, 0.2) is 0 Å². The molecule has 0 radical (unpaired) electrons. The third-order valence-corrected chi connectivity index (χ3v) is 0.360. The van der Waals surface area contributed by atoms with Gasteiger partial charge in [0.05, 0.1) is 0 Å². The van der Waals surface area contributed by atoms with Crippen LogP contribution in [0.3, 0.4) is 0 Å². The minimum absolute atomic E-state index is 0. The Bertz CT molecular complexity index is 67.1. The topological polar surface area (TPSA) is 38.3 Å². The molecule has 0 spiro atoms. The van der Waals surface area contributed by atoms with E-state index in [0.29, 0.717) is 6.54 Å². The van der Waals surface area contributed by atoms with Gasteiger partial charge in [0.25, 0.3) is 0 Å². The van der Waals surface area contributed by atoms with Gasteiger partial charge >= 0.3 is 35.5 Å². The molecule has 1 N–H and O–H groups in total. The van der Waals surface area contributed by atoms with Crippen molar-refractivity contribution >= 4 is 35.5 Å². The van der Waals surface area contributed by atoms with Gasteiger partial charge in [-0.2, -0.15) is 5.48 Å². The van der Waals surface area contributed by atoms with E-state index < -0.39 is 0 Å². The molecule has 0 fully saturated rings. The third kappa shape index (κ3) is 9.66. The van der Waals surface area contributed by atoms with Crippen molar-refractivity contribution in [1.29, 1.82) is 0 Å². The van der Waals surface area contributed by atoms with Crippen LogP contribution < -0.4 is 5.48 Å². The summed E-state index contributed by atoms with van der Waals surface area (Å²) in [5.74, 6) is -0.304. The predicted octanol–water partition coefficient (Wildman–Crippen LogP) is -0.575. The summed E-state index contributed by atoms with van der Waals surface area (Å²) in [6.07, 6.45) is 0. The van der Waals surface area contributed by atoms with Gasteiger partial charge in [0, 0.05) is 13.5 Å². The van der Waals surface area contributed by atoms with Crippen molar-refractivity contribution in [3.05, 3.63) is 0 Å². The Balaban J connectivity index is 0. The zero-order chi connectivity index (χ0) is 5.70. The van der Waals surface area contributed by atoms with Crippen molar-refractivity contribution in [3.8, 4) is 0 Å². The molecule has 3 nitrogen and oxygen atoms in total. The van der Waals surface area contributed by atoms with Crippen molar-refractivity contribution in [2.75, 3.05) is 6.54 Å². The monoisotopic (exact) mass is 127 g/mol. The van der Waals surface area contributed by atoms with Gasteiger partial charge in [-0.3, -0.25) is 4.79 Å². The van der Waals surface area contributed by atoms with Crippen molar-refractivity contribution in [3.63, 3.8) is 0 Å². The molecular weight excluding hydrogens is 117 g/mol. The van der Waals surface area contributed by atoms with E-state index in [1.807, 2.05) is 6.92 Å². The molecule has 0 aromatic carbocycles. The number of carbonyl (C=O) groups is 1. The van der Waals surface area contributed by atoms with Gasteiger partial charge in [-0.25, -0.2) is 0 Å². The summed E-state index contributed by atoms with van der Waals surface area (Å²) in [6.45, 7) is 3.85. The molecule has 8 heavy (non-hydrogen) atoms. The Morgan fingerprint density at radius 3 is 2.38 bits per heavy atom. The van der Waals surface area contributed by atoms with Gasteiger partial charge < -0.3 is 4.84 Å². The number of carbonyl (C=O) groups excluding carboxylic acids is 1. The Morgan fingerprint density at radius 2 is 2.25 bits per heavy atom. The molecule has 44 valence electrons. The van der Waals surface area contributed by atoms with E-state index in [1.165, 1.54) is 6.92 Å². The normalized spacial score (nSPS) is 7.25. The second-order valence-electron chi connectivity index (χ2n) is 1.09. The molecular formula is C4H10NNaO2. The van der Waals surface area contributed by atoms with Crippen LogP contribution in [0.1, 0.15) is 13.8 Å². The second kappa shape index (κ2) is 7.43. The van der Waals surface area contributed by atoms with Gasteiger partial charge in [-0.15, -0.1) is 0 Å². The molecule has 0 bridgehead atoms. The van der Waals surface area contributed by atoms with Crippen LogP contribution in [0.4, 0.5) is 0 Å². The number of nitrogens with one attached hydrogen (secondary N) is 1. The summed E-state index contributed by atoms with van der Waals surface area (Å²) in [7, 11) is 0. The molecule has 0 saturated heterocycles. The van der Waals surface area contributed by atoms with Crippen molar-refractivity contribution in [2.45, 2.75) is 13.8 Å². The Labute approximate surface area is 71.0 Å². The Kier molecular flexibility index (Phi) is 10.5. The van der Waals surface area contributed by atoms with E-state index in [0.717, 1.165) is 0 Å². The fourth-order valence-corrected chi connectivity index (χ4v) is 0.174.